The minimum atomic E-state index is 0.296. The minimum Gasteiger partial charge on any atom is -0.508 e. The average molecular weight is 377 g/mol. The largest absolute Gasteiger partial charge is 0.508 e. The molecular weight excluding hydrogens is 344 g/mol. The van der Waals surface area contributed by atoms with E-state index in [0.29, 0.717) is 23.3 Å². The molecule has 0 bridgehead atoms. The number of hydrogen-bond donors (Lipinski definition) is 2. The van der Waals surface area contributed by atoms with E-state index in [0.717, 1.165) is 5.56 Å². The fourth-order valence-corrected chi connectivity index (χ4v) is 5.23. The fourth-order valence-electron chi connectivity index (χ4n) is 5.23. The van der Waals surface area contributed by atoms with Gasteiger partial charge >= 0.3 is 0 Å². The van der Waals surface area contributed by atoms with Gasteiger partial charge in [0.1, 0.15) is 11.5 Å². The molecule has 2 aromatic carbocycles. The van der Waals surface area contributed by atoms with Gasteiger partial charge in [-0.25, -0.2) is 0 Å². The van der Waals surface area contributed by atoms with Crippen LogP contribution in [0.25, 0.3) is 12.2 Å². The van der Waals surface area contributed by atoms with Crippen molar-refractivity contribution in [3.63, 3.8) is 0 Å². The van der Waals surface area contributed by atoms with Gasteiger partial charge in [-0.15, -0.1) is 0 Å². The second kappa shape index (κ2) is 8.86. The first kappa shape index (κ1) is 19.1. The summed E-state index contributed by atoms with van der Waals surface area (Å²) in [5.41, 5.74) is 5.01. The van der Waals surface area contributed by atoms with Crippen molar-refractivity contribution in [2.75, 3.05) is 0 Å². The van der Waals surface area contributed by atoms with E-state index in [1.165, 1.54) is 80.9 Å². The molecule has 0 heterocycles. The Hall–Kier alpha value is -2.22. The third-order valence-corrected chi connectivity index (χ3v) is 6.67. The molecule has 2 saturated carbocycles. The van der Waals surface area contributed by atoms with Crippen molar-refractivity contribution in [3.05, 3.63) is 58.7 Å². The van der Waals surface area contributed by atoms with E-state index >= 15 is 0 Å². The molecular formula is C26H32O2. The molecule has 2 aromatic rings. The first-order valence-electron chi connectivity index (χ1n) is 11.1. The van der Waals surface area contributed by atoms with Crippen molar-refractivity contribution in [2.45, 2.75) is 76.0 Å². The lowest BCUT2D eigenvalue weighted by Gasteiger charge is -2.31. The molecule has 2 N–H and O–H groups in total. The van der Waals surface area contributed by atoms with E-state index in [1.54, 1.807) is 12.1 Å². The van der Waals surface area contributed by atoms with Crippen molar-refractivity contribution in [3.8, 4) is 11.5 Å². The van der Waals surface area contributed by atoms with E-state index < -0.39 is 0 Å². The minimum absolute atomic E-state index is 0.296. The van der Waals surface area contributed by atoms with Crippen LogP contribution in [-0.4, -0.2) is 10.2 Å². The van der Waals surface area contributed by atoms with E-state index in [9.17, 15) is 10.2 Å². The van der Waals surface area contributed by atoms with Crippen molar-refractivity contribution in [2.24, 2.45) is 0 Å². The summed E-state index contributed by atoms with van der Waals surface area (Å²) in [6, 6.07) is 11.3. The molecule has 0 aromatic heterocycles. The van der Waals surface area contributed by atoms with Crippen molar-refractivity contribution in [1.29, 1.82) is 0 Å². The molecule has 2 aliphatic carbocycles. The van der Waals surface area contributed by atoms with Crippen LogP contribution in [0, 0.1) is 0 Å². The van der Waals surface area contributed by atoms with Gasteiger partial charge in [-0.3, -0.25) is 0 Å². The maximum atomic E-state index is 10.9. The molecule has 0 amide bonds. The molecule has 4 rings (SSSR count). The third kappa shape index (κ3) is 4.27. The van der Waals surface area contributed by atoms with Crippen molar-refractivity contribution >= 4 is 12.2 Å². The van der Waals surface area contributed by atoms with Gasteiger partial charge in [0.15, 0.2) is 0 Å². The Morgan fingerprint density at radius 2 is 1.18 bits per heavy atom. The number of rotatable bonds is 4. The zero-order valence-corrected chi connectivity index (χ0v) is 16.7. The van der Waals surface area contributed by atoms with Crippen LogP contribution in [-0.2, 0) is 0 Å². The highest BCUT2D eigenvalue weighted by Crippen LogP contribution is 2.46. The lowest BCUT2D eigenvalue weighted by atomic mass is 9.74. The lowest BCUT2D eigenvalue weighted by Crippen LogP contribution is -2.14. The summed E-state index contributed by atoms with van der Waals surface area (Å²) in [6.07, 6.45) is 17.1. The Morgan fingerprint density at radius 3 is 1.79 bits per heavy atom. The van der Waals surface area contributed by atoms with Crippen LogP contribution in [0.2, 0.25) is 0 Å². The van der Waals surface area contributed by atoms with E-state index in [-0.39, 0.29) is 0 Å². The highest BCUT2D eigenvalue weighted by Gasteiger charge is 2.28. The Morgan fingerprint density at radius 1 is 0.607 bits per heavy atom. The zero-order valence-electron chi connectivity index (χ0n) is 16.7. The van der Waals surface area contributed by atoms with E-state index in [1.807, 2.05) is 18.2 Å². The molecule has 0 unspecified atom stereocenters. The lowest BCUT2D eigenvalue weighted by molar-refractivity contribution is 0.397. The van der Waals surface area contributed by atoms with E-state index in [2.05, 4.69) is 18.2 Å². The monoisotopic (exact) mass is 376 g/mol. The van der Waals surface area contributed by atoms with Gasteiger partial charge < -0.3 is 10.2 Å². The number of hydrogen-bond acceptors (Lipinski definition) is 2. The molecule has 0 saturated heterocycles. The summed E-state index contributed by atoms with van der Waals surface area (Å²) in [7, 11) is 0. The maximum absolute atomic E-state index is 10.9. The van der Waals surface area contributed by atoms with Crippen LogP contribution < -0.4 is 0 Å². The number of aromatic hydroxyl groups is 2. The fraction of sp³-hybridized carbons (Fsp3) is 0.462. The second-order valence-electron chi connectivity index (χ2n) is 8.60. The maximum Gasteiger partial charge on any atom is 0.119 e. The van der Waals surface area contributed by atoms with Gasteiger partial charge in [0, 0.05) is 5.56 Å². The highest BCUT2D eigenvalue weighted by molar-refractivity contribution is 5.73. The summed E-state index contributed by atoms with van der Waals surface area (Å²) >= 11 is 0. The van der Waals surface area contributed by atoms with Crippen molar-refractivity contribution in [1.82, 2.24) is 0 Å². The number of phenols is 2. The van der Waals surface area contributed by atoms with Crippen LogP contribution in [0.3, 0.4) is 0 Å². The summed E-state index contributed by atoms with van der Waals surface area (Å²) in [5, 5.41) is 20.4. The van der Waals surface area contributed by atoms with Gasteiger partial charge in [-0.1, -0.05) is 68.9 Å². The third-order valence-electron chi connectivity index (χ3n) is 6.67. The Balaban J connectivity index is 1.74. The van der Waals surface area contributed by atoms with Gasteiger partial charge in [0.05, 0.1) is 0 Å². The predicted molar refractivity (Wildman–Crippen MR) is 117 cm³/mol. The second-order valence-corrected chi connectivity index (χ2v) is 8.60. The Bertz CT molecular complexity index is 807. The quantitative estimate of drug-likeness (QED) is 0.547. The van der Waals surface area contributed by atoms with Gasteiger partial charge in [-0.05, 0) is 72.4 Å². The standard InChI is InChI=1S/C26H32O2/c27-23-16-12-19(13-17-23)11-14-22-15-18-24(28)26(21-9-5-2-6-10-21)25(22)20-7-3-1-4-8-20/h11-18,20-21,27-28H,1-10H2. The molecule has 0 atom stereocenters. The first-order valence-corrected chi connectivity index (χ1v) is 11.1. The molecule has 148 valence electrons. The van der Waals surface area contributed by atoms with Crippen LogP contribution in [0.5, 0.6) is 11.5 Å². The first-order chi connectivity index (χ1) is 13.7. The summed E-state index contributed by atoms with van der Waals surface area (Å²) < 4.78 is 0. The van der Waals surface area contributed by atoms with Gasteiger partial charge in [-0.2, -0.15) is 0 Å². The molecule has 2 aliphatic rings. The Labute approximate surface area is 168 Å². The van der Waals surface area contributed by atoms with Gasteiger partial charge in [0.2, 0.25) is 0 Å². The molecule has 0 aliphatic heterocycles. The normalized spacial score (nSPS) is 19.3. The molecule has 2 fully saturated rings. The van der Waals surface area contributed by atoms with Gasteiger partial charge in [0.25, 0.3) is 0 Å². The van der Waals surface area contributed by atoms with E-state index in [4.69, 9.17) is 0 Å². The zero-order chi connectivity index (χ0) is 19.3. The number of phenolic OH excluding ortho intramolecular Hbond substituents is 2. The van der Waals surface area contributed by atoms with Crippen LogP contribution >= 0.6 is 0 Å². The van der Waals surface area contributed by atoms with Crippen LogP contribution in [0.4, 0.5) is 0 Å². The summed E-state index contributed by atoms with van der Waals surface area (Å²) in [6.45, 7) is 0. The smallest absolute Gasteiger partial charge is 0.119 e. The SMILES string of the molecule is Oc1ccc(C=Cc2ccc(O)c(C3CCCCC3)c2C2CCCCC2)cc1. The average Bonchev–Trinajstić information content (AvgIpc) is 2.75. The Kier molecular flexibility index (Phi) is 6.04. The molecule has 28 heavy (non-hydrogen) atoms. The van der Waals surface area contributed by atoms with Crippen molar-refractivity contribution < 1.29 is 10.2 Å². The molecule has 2 heteroatoms. The molecule has 0 spiro atoms. The highest BCUT2D eigenvalue weighted by atomic mass is 16.3. The summed E-state index contributed by atoms with van der Waals surface area (Å²) in [4.78, 5) is 0. The molecule has 2 nitrogen and oxygen atoms in total. The summed E-state index contributed by atoms with van der Waals surface area (Å²) in [5.74, 6) is 1.88. The topological polar surface area (TPSA) is 40.5 Å². The van der Waals surface area contributed by atoms with Crippen LogP contribution in [0.1, 0.15) is 98.3 Å². The predicted octanol–water partition coefficient (Wildman–Crippen LogP) is 7.36. The molecule has 0 radical (unpaired) electrons. The number of benzene rings is 2. The van der Waals surface area contributed by atoms with Crippen LogP contribution in [0.15, 0.2) is 36.4 Å².